The second kappa shape index (κ2) is 5.71. The first-order valence-electron chi connectivity index (χ1n) is 10.6. The highest BCUT2D eigenvalue weighted by molar-refractivity contribution is 5.82. The molecular weight excluding hydrogens is 292 g/mol. The minimum absolute atomic E-state index is 0.282. The van der Waals surface area contributed by atoms with Crippen LogP contribution in [0.2, 0.25) is 0 Å². The third kappa shape index (κ3) is 2.15. The van der Waals surface area contributed by atoms with Crippen molar-refractivity contribution in [3.05, 3.63) is 11.6 Å². The van der Waals surface area contributed by atoms with Gasteiger partial charge >= 0.3 is 0 Å². The molecule has 4 rings (SSSR count). The summed E-state index contributed by atoms with van der Waals surface area (Å²) in [4.78, 5) is 12.7. The second-order valence-corrected chi connectivity index (χ2v) is 10.0. The van der Waals surface area contributed by atoms with E-state index in [-0.39, 0.29) is 5.41 Å². The van der Waals surface area contributed by atoms with Crippen LogP contribution in [0.25, 0.3) is 0 Å². The summed E-state index contributed by atoms with van der Waals surface area (Å²) in [6.45, 7) is 9.50. The molecule has 7 atom stereocenters. The highest BCUT2D eigenvalue weighted by Crippen LogP contribution is 2.67. The van der Waals surface area contributed by atoms with Gasteiger partial charge in [-0.25, -0.2) is 0 Å². The number of ketones is 1. The predicted molar refractivity (Wildman–Crippen MR) is 99.7 cm³/mol. The fraction of sp³-hybridized carbons (Fsp3) is 0.870. The van der Waals surface area contributed by atoms with E-state index in [1.807, 2.05) is 0 Å². The Morgan fingerprint density at radius 1 is 1.21 bits per heavy atom. The van der Waals surface area contributed by atoms with E-state index in [0.29, 0.717) is 23.0 Å². The van der Waals surface area contributed by atoms with Gasteiger partial charge in [0.25, 0.3) is 0 Å². The Morgan fingerprint density at radius 3 is 2.75 bits per heavy atom. The SMILES string of the molecule is CCC(=O)[C@H]1C(C)CC2C3CC=C4CCCC[C@]4(C)C3CC[C@@]21C. The van der Waals surface area contributed by atoms with Crippen molar-refractivity contribution in [2.45, 2.75) is 85.5 Å². The molecule has 0 radical (unpaired) electrons. The van der Waals surface area contributed by atoms with E-state index < -0.39 is 0 Å². The molecular formula is C23H36O. The molecule has 4 aliphatic rings. The van der Waals surface area contributed by atoms with E-state index in [4.69, 9.17) is 0 Å². The number of Topliss-reactive ketones (excluding diaryl/α,β-unsaturated/α-hetero) is 1. The normalized spacial score (nSPS) is 50.5. The Bertz CT molecular complexity index is 560. The minimum Gasteiger partial charge on any atom is -0.299 e. The maximum Gasteiger partial charge on any atom is 0.136 e. The van der Waals surface area contributed by atoms with Crippen LogP contribution < -0.4 is 0 Å². The molecule has 0 aromatic heterocycles. The molecule has 3 fully saturated rings. The van der Waals surface area contributed by atoms with Gasteiger partial charge in [0, 0.05) is 12.3 Å². The molecule has 3 saturated carbocycles. The van der Waals surface area contributed by atoms with Crippen molar-refractivity contribution >= 4 is 5.78 Å². The summed E-state index contributed by atoms with van der Waals surface area (Å²) in [7, 11) is 0. The molecule has 0 bridgehead atoms. The number of carbonyl (C=O) groups is 1. The zero-order valence-electron chi connectivity index (χ0n) is 16.2. The highest BCUT2D eigenvalue weighted by atomic mass is 16.1. The fourth-order valence-electron chi connectivity index (χ4n) is 7.97. The predicted octanol–water partition coefficient (Wildman–Crippen LogP) is 6.18. The van der Waals surface area contributed by atoms with Crippen LogP contribution in [-0.4, -0.2) is 5.78 Å². The summed E-state index contributed by atoms with van der Waals surface area (Å²) in [5, 5.41) is 0. The molecule has 0 N–H and O–H groups in total. The van der Waals surface area contributed by atoms with Gasteiger partial charge < -0.3 is 0 Å². The standard InChI is InChI=1S/C23H36O/c1-5-20(24)21-15(2)14-19-17-10-9-16-8-6-7-12-22(16,3)18(17)11-13-23(19,21)4/h9,15,17-19,21H,5-8,10-14H2,1-4H3/t15?,17?,18?,19?,21-,22+,23+/m1/s1. The van der Waals surface area contributed by atoms with Crippen molar-refractivity contribution in [1.29, 1.82) is 0 Å². The van der Waals surface area contributed by atoms with Crippen LogP contribution in [0.15, 0.2) is 11.6 Å². The number of hydrogen-bond donors (Lipinski definition) is 0. The Kier molecular flexibility index (Phi) is 4.01. The van der Waals surface area contributed by atoms with Gasteiger partial charge in [0.1, 0.15) is 5.78 Å². The summed E-state index contributed by atoms with van der Waals surface area (Å²) in [6.07, 6.45) is 14.2. The Hall–Kier alpha value is -0.590. The first-order chi connectivity index (χ1) is 11.4. The van der Waals surface area contributed by atoms with E-state index in [2.05, 4.69) is 33.8 Å². The molecule has 0 saturated heterocycles. The van der Waals surface area contributed by atoms with E-state index in [1.54, 1.807) is 5.57 Å². The zero-order chi connectivity index (χ0) is 17.1. The summed E-state index contributed by atoms with van der Waals surface area (Å²) < 4.78 is 0. The lowest BCUT2D eigenvalue weighted by Crippen LogP contribution is -2.50. The molecule has 1 nitrogen and oxygen atoms in total. The number of fused-ring (bicyclic) bond motifs is 5. The van der Waals surface area contributed by atoms with Crippen LogP contribution in [0.5, 0.6) is 0 Å². The maximum absolute atomic E-state index is 12.7. The Morgan fingerprint density at radius 2 is 2.00 bits per heavy atom. The van der Waals surface area contributed by atoms with Crippen LogP contribution >= 0.6 is 0 Å². The van der Waals surface area contributed by atoms with Gasteiger partial charge in [0.05, 0.1) is 0 Å². The molecule has 0 heterocycles. The van der Waals surface area contributed by atoms with Crippen molar-refractivity contribution in [2.24, 2.45) is 40.4 Å². The summed E-state index contributed by atoms with van der Waals surface area (Å²) in [5.41, 5.74) is 2.56. The molecule has 0 spiro atoms. The number of allylic oxidation sites excluding steroid dienone is 2. The number of rotatable bonds is 2. The second-order valence-electron chi connectivity index (χ2n) is 10.0. The van der Waals surface area contributed by atoms with Crippen LogP contribution in [0.3, 0.4) is 0 Å². The third-order valence-corrected chi connectivity index (χ3v) is 9.06. The van der Waals surface area contributed by atoms with Gasteiger partial charge in [0.2, 0.25) is 0 Å². The molecule has 0 aromatic carbocycles. The largest absolute Gasteiger partial charge is 0.299 e. The molecule has 0 amide bonds. The smallest absolute Gasteiger partial charge is 0.136 e. The third-order valence-electron chi connectivity index (χ3n) is 9.06. The van der Waals surface area contributed by atoms with Gasteiger partial charge in [-0.05, 0) is 79.4 Å². The van der Waals surface area contributed by atoms with Crippen molar-refractivity contribution in [2.75, 3.05) is 0 Å². The topological polar surface area (TPSA) is 17.1 Å². The lowest BCUT2D eigenvalue weighted by Gasteiger charge is -2.57. The number of carbonyl (C=O) groups excluding carboxylic acids is 1. The van der Waals surface area contributed by atoms with Crippen LogP contribution in [0.4, 0.5) is 0 Å². The quantitative estimate of drug-likeness (QED) is 0.553. The van der Waals surface area contributed by atoms with Crippen molar-refractivity contribution in [3.63, 3.8) is 0 Å². The Balaban J connectivity index is 1.68. The van der Waals surface area contributed by atoms with Gasteiger partial charge in [-0.1, -0.05) is 45.8 Å². The van der Waals surface area contributed by atoms with Gasteiger partial charge in [0.15, 0.2) is 0 Å². The summed E-state index contributed by atoms with van der Waals surface area (Å²) in [6, 6.07) is 0. The average Bonchev–Trinajstić information content (AvgIpc) is 2.84. The van der Waals surface area contributed by atoms with Gasteiger partial charge in [-0.3, -0.25) is 4.79 Å². The molecule has 4 aliphatic carbocycles. The van der Waals surface area contributed by atoms with E-state index in [1.165, 1.54) is 51.4 Å². The van der Waals surface area contributed by atoms with Crippen LogP contribution in [0.1, 0.15) is 85.5 Å². The molecule has 0 aromatic rings. The maximum atomic E-state index is 12.7. The molecule has 1 heteroatoms. The van der Waals surface area contributed by atoms with Crippen LogP contribution in [-0.2, 0) is 4.79 Å². The summed E-state index contributed by atoms with van der Waals surface area (Å²) in [5.74, 6) is 3.98. The lowest BCUT2D eigenvalue weighted by molar-refractivity contribution is -0.130. The van der Waals surface area contributed by atoms with Crippen molar-refractivity contribution in [1.82, 2.24) is 0 Å². The van der Waals surface area contributed by atoms with Gasteiger partial charge in [-0.15, -0.1) is 0 Å². The first-order valence-corrected chi connectivity index (χ1v) is 10.6. The highest BCUT2D eigenvalue weighted by Gasteiger charge is 2.61. The lowest BCUT2D eigenvalue weighted by atomic mass is 9.47. The van der Waals surface area contributed by atoms with Crippen LogP contribution in [0, 0.1) is 40.4 Å². The van der Waals surface area contributed by atoms with Crippen molar-refractivity contribution < 1.29 is 4.79 Å². The molecule has 134 valence electrons. The average molecular weight is 329 g/mol. The Labute approximate surface area is 148 Å². The van der Waals surface area contributed by atoms with E-state index in [9.17, 15) is 4.79 Å². The van der Waals surface area contributed by atoms with E-state index in [0.717, 1.165) is 24.2 Å². The van der Waals surface area contributed by atoms with Gasteiger partial charge in [-0.2, -0.15) is 0 Å². The molecule has 0 aliphatic heterocycles. The monoisotopic (exact) mass is 328 g/mol. The fourth-order valence-corrected chi connectivity index (χ4v) is 7.97. The summed E-state index contributed by atoms with van der Waals surface area (Å²) >= 11 is 0. The minimum atomic E-state index is 0.282. The molecule has 4 unspecified atom stereocenters. The molecule has 24 heavy (non-hydrogen) atoms. The zero-order valence-corrected chi connectivity index (χ0v) is 16.2. The number of hydrogen-bond acceptors (Lipinski definition) is 1. The first kappa shape index (κ1) is 16.9. The van der Waals surface area contributed by atoms with E-state index >= 15 is 0 Å². The van der Waals surface area contributed by atoms with Crippen molar-refractivity contribution in [3.8, 4) is 0 Å².